The van der Waals surface area contributed by atoms with Crippen LogP contribution >= 0.6 is 0 Å². The maximum Gasteiger partial charge on any atom is 0.193 e. The van der Waals surface area contributed by atoms with Crippen LogP contribution < -0.4 is 10.1 Å². The van der Waals surface area contributed by atoms with Gasteiger partial charge in [0.15, 0.2) is 5.96 Å². The zero-order valence-corrected chi connectivity index (χ0v) is 17.5. The number of nitrogens with zero attached hydrogens (tertiary/aromatic N) is 2. The van der Waals surface area contributed by atoms with E-state index in [9.17, 15) is 0 Å². The van der Waals surface area contributed by atoms with E-state index in [1.165, 1.54) is 16.7 Å². The second-order valence-corrected chi connectivity index (χ2v) is 7.96. The maximum atomic E-state index is 5.69. The summed E-state index contributed by atoms with van der Waals surface area (Å²) >= 11 is 0. The second-order valence-electron chi connectivity index (χ2n) is 7.96. The summed E-state index contributed by atoms with van der Waals surface area (Å²) in [5.74, 6) is 1.88. The van der Waals surface area contributed by atoms with Crippen molar-refractivity contribution in [3.63, 3.8) is 0 Å². The minimum atomic E-state index is 0.0498. The lowest BCUT2D eigenvalue weighted by Gasteiger charge is -2.40. The Bertz CT molecular complexity index is 841. The monoisotopic (exact) mass is 393 g/mol. The molecule has 154 valence electrons. The molecule has 0 spiro atoms. The van der Waals surface area contributed by atoms with Crippen LogP contribution in [0.2, 0.25) is 0 Å². The molecular formula is C24H31N3O2. The topological polar surface area (TPSA) is 46.1 Å². The Morgan fingerprint density at radius 3 is 2.52 bits per heavy atom. The van der Waals surface area contributed by atoms with Crippen molar-refractivity contribution < 1.29 is 9.47 Å². The highest BCUT2D eigenvalue weighted by Crippen LogP contribution is 2.35. The molecule has 2 heterocycles. The van der Waals surface area contributed by atoms with Crippen LogP contribution in [0, 0.1) is 0 Å². The van der Waals surface area contributed by atoms with Crippen LogP contribution in [0.1, 0.15) is 29.5 Å². The molecule has 0 aromatic heterocycles. The van der Waals surface area contributed by atoms with E-state index in [1.54, 1.807) is 7.11 Å². The number of methoxy groups -OCH3 is 1. The standard InChI is InChI=1S/C24H31N3O2/c1-25-23(27-14-11-19-5-3-4-6-20(19)17-27)26-18-24(12-15-29-16-13-24)21-7-9-22(28-2)10-8-21/h3-10H,11-18H2,1-2H3,(H,25,26). The molecule has 0 atom stereocenters. The molecule has 2 aliphatic rings. The molecule has 2 aromatic rings. The smallest absolute Gasteiger partial charge is 0.193 e. The first-order valence-electron chi connectivity index (χ1n) is 10.5. The fourth-order valence-corrected chi connectivity index (χ4v) is 4.53. The van der Waals surface area contributed by atoms with Crippen molar-refractivity contribution in [1.29, 1.82) is 0 Å². The summed E-state index contributed by atoms with van der Waals surface area (Å²) < 4.78 is 11.0. The zero-order valence-electron chi connectivity index (χ0n) is 17.5. The molecular weight excluding hydrogens is 362 g/mol. The Balaban J connectivity index is 1.49. The summed E-state index contributed by atoms with van der Waals surface area (Å²) in [7, 11) is 3.59. The van der Waals surface area contributed by atoms with Gasteiger partial charge >= 0.3 is 0 Å². The number of benzene rings is 2. The Morgan fingerprint density at radius 2 is 1.83 bits per heavy atom. The molecule has 2 aromatic carbocycles. The van der Waals surface area contributed by atoms with Gasteiger partial charge in [-0.3, -0.25) is 4.99 Å². The summed E-state index contributed by atoms with van der Waals surface area (Å²) in [5.41, 5.74) is 4.25. The predicted molar refractivity (Wildman–Crippen MR) is 117 cm³/mol. The summed E-state index contributed by atoms with van der Waals surface area (Å²) in [4.78, 5) is 6.97. The van der Waals surface area contributed by atoms with Gasteiger partial charge < -0.3 is 19.7 Å². The van der Waals surface area contributed by atoms with Crippen molar-refractivity contribution in [3.8, 4) is 5.75 Å². The van der Waals surface area contributed by atoms with E-state index in [0.717, 1.165) is 63.8 Å². The minimum Gasteiger partial charge on any atom is -0.497 e. The fourth-order valence-electron chi connectivity index (χ4n) is 4.53. The Kier molecular flexibility index (Phi) is 6.05. The highest BCUT2D eigenvalue weighted by molar-refractivity contribution is 5.80. The Morgan fingerprint density at radius 1 is 1.10 bits per heavy atom. The van der Waals surface area contributed by atoms with Crippen molar-refractivity contribution in [1.82, 2.24) is 10.2 Å². The van der Waals surface area contributed by atoms with Crippen LogP contribution in [0.25, 0.3) is 0 Å². The molecule has 0 unspecified atom stereocenters. The number of nitrogens with one attached hydrogen (secondary N) is 1. The molecule has 0 amide bonds. The van der Waals surface area contributed by atoms with E-state index in [1.807, 2.05) is 7.05 Å². The van der Waals surface area contributed by atoms with Crippen LogP contribution in [0.4, 0.5) is 0 Å². The van der Waals surface area contributed by atoms with Crippen LogP contribution in [-0.4, -0.2) is 51.3 Å². The molecule has 1 N–H and O–H groups in total. The molecule has 1 saturated heterocycles. The molecule has 0 bridgehead atoms. The van der Waals surface area contributed by atoms with E-state index < -0.39 is 0 Å². The second kappa shape index (κ2) is 8.87. The van der Waals surface area contributed by atoms with E-state index in [-0.39, 0.29) is 5.41 Å². The summed E-state index contributed by atoms with van der Waals surface area (Å²) in [5, 5.41) is 3.70. The summed E-state index contributed by atoms with van der Waals surface area (Å²) in [6.07, 6.45) is 3.08. The molecule has 0 aliphatic carbocycles. The molecule has 5 nitrogen and oxygen atoms in total. The predicted octanol–water partition coefficient (Wildman–Crippen LogP) is 3.38. The number of aliphatic imine (C=N–C) groups is 1. The average Bonchev–Trinajstić information content (AvgIpc) is 2.80. The van der Waals surface area contributed by atoms with Crippen molar-refractivity contribution >= 4 is 5.96 Å². The number of ether oxygens (including phenoxy) is 2. The van der Waals surface area contributed by atoms with Gasteiger partial charge in [0, 0.05) is 45.3 Å². The van der Waals surface area contributed by atoms with Crippen LogP contribution in [-0.2, 0) is 23.1 Å². The third-order valence-electron chi connectivity index (χ3n) is 6.38. The summed E-state index contributed by atoms with van der Waals surface area (Å²) in [6.45, 7) is 4.35. The SMILES string of the molecule is CN=C(NCC1(c2ccc(OC)cc2)CCOCC1)N1CCc2ccccc2C1. The lowest BCUT2D eigenvalue weighted by atomic mass is 9.74. The first-order valence-corrected chi connectivity index (χ1v) is 10.5. The van der Waals surface area contributed by atoms with Gasteiger partial charge in [0.1, 0.15) is 5.75 Å². The van der Waals surface area contributed by atoms with Crippen molar-refractivity contribution in [2.75, 3.05) is 40.5 Å². The molecule has 0 radical (unpaired) electrons. The van der Waals surface area contributed by atoms with Gasteiger partial charge in [0.05, 0.1) is 7.11 Å². The van der Waals surface area contributed by atoms with E-state index >= 15 is 0 Å². The quantitative estimate of drug-likeness (QED) is 0.639. The lowest BCUT2D eigenvalue weighted by Crippen LogP contribution is -2.50. The maximum absolute atomic E-state index is 5.69. The van der Waals surface area contributed by atoms with Gasteiger partial charge in [-0.1, -0.05) is 36.4 Å². The lowest BCUT2D eigenvalue weighted by molar-refractivity contribution is 0.0511. The number of fused-ring (bicyclic) bond motifs is 1. The normalized spacial score (nSPS) is 18.8. The van der Waals surface area contributed by atoms with Gasteiger partial charge in [0.25, 0.3) is 0 Å². The molecule has 2 aliphatic heterocycles. The largest absolute Gasteiger partial charge is 0.497 e. The number of hydrogen-bond acceptors (Lipinski definition) is 3. The van der Waals surface area contributed by atoms with Gasteiger partial charge in [-0.25, -0.2) is 0 Å². The van der Waals surface area contributed by atoms with Gasteiger partial charge in [-0.15, -0.1) is 0 Å². The fraction of sp³-hybridized carbons (Fsp3) is 0.458. The average molecular weight is 394 g/mol. The van der Waals surface area contributed by atoms with Gasteiger partial charge in [0.2, 0.25) is 0 Å². The van der Waals surface area contributed by atoms with Crippen LogP contribution in [0.5, 0.6) is 5.75 Å². The van der Waals surface area contributed by atoms with Crippen LogP contribution in [0.3, 0.4) is 0 Å². The summed E-state index contributed by atoms with van der Waals surface area (Å²) in [6, 6.07) is 17.2. The first-order chi connectivity index (χ1) is 14.2. The third-order valence-corrected chi connectivity index (χ3v) is 6.38. The third kappa shape index (κ3) is 4.25. The molecule has 1 fully saturated rings. The number of guanidine groups is 1. The molecule has 0 saturated carbocycles. The van der Waals surface area contributed by atoms with E-state index in [0.29, 0.717) is 0 Å². The molecule has 5 heteroatoms. The number of rotatable bonds is 4. The number of hydrogen-bond donors (Lipinski definition) is 1. The van der Waals surface area contributed by atoms with Crippen LogP contribution in [0.15, 0.2) is 53.5 Å². The first kappa shape index (κ1) is 19.8. The van der Waals surface area contributed by atoms with Crippen molar-refractivity contribution in [2.24, 2.45) is 4.99 Å². The Labute approximate surface area is 173 Å². The minimum absolute atomic E-state index is 0.0498. The van der Waals surface area contributed by atoms with Gasteiger partial charge in [-0.05, 0) is 48.1 Å². The van der Waals surface area contributed by atoms with Crippen molar-refractivity contribution in [3.05, 3.63) is 65.2 Å². The Hall–Kier alpha value is -2.53. The van der Waals surface area contributed by atoms with E-state index in [4.69, 9.17) is 9.47 Å². The van der Waals surface area contributed by atoms with Gasteiger partial charge in [-0.2, -0.15) is 0 Å². The highest BCUT2D eigenvalue weighted by atomic mass is 16.5. The molecule has 4 rings (SSSR count). The molecule has 29 heavy (non-hydrogen) atoms. The zero-order chi connectivity index (χ0) is 20.1. The van der Waals surface area contributed by atoms with E-state index in [2.05, 4.69) is 63.7 Å². The van der Waals surface area contributed by atoms with Crippen molar-refractivity contribution in [2.45, 2.75) is 31.2 Å². The highest BCUT2D eigenvalue weighted by Gasteiger charge is 2.35.